The molecule has 1 N–H and O–H groups in total. The molecule has 0 aliphatic rings. The van der Waals surface area contributed by atoms with E-state index in [1.165, 1.54) is 26.0 Å². The lowest BCUT2D eigenvalue weighted by Gasteiger charge is -2.07. The molecule has 3 aromatic carbocycles. The molecule has 6 heteroatoms. The van der Waals surface area contributed by atoms with Gasteiger partial charge in [0, 0.05) is 9.13 Å². The lowest BCUT2D eigenvalue weighted by molar-refractivity contribution is 0.102. The van der Waals surface area contributed by atoms with Gasteiger partial charge in [-0.05, 0) is 77.0 Å². The molecule has 0 spiro atoms. The normalized spacial score (nSPS) is 10.8. The zero-order chi connectivity index (χ0) is 19.7. The highest BCUT2D eigenvalue weighted by Crippen LogP contribution is 2.30. The number of nitrogens with one attached hydrogen (secondary N) is 1. The van der Waals surface area contributed by atoms with Crippen LogP contribution >= 0.6 is 33.9 Å². The number of amides is 1. The zero-order valence-electron chi connectivity index (χ0n) is 15.3. The molecule has 0 unspecified atom stereocenters. The van der Waals surface area contributed by atoms with Gasteiger partial charge in [-0.15, -0.1) is 0 Å². The van der Waals surface area contributed by atoms with Crippen LogP contribution in [-0.2, 0) is 0 Å². The highest BCUT2D eigenvalue weighted by Gasteiger charge is 2.11. The number of methoxy groups -OCH3 is 1. The number of carbonyl (C=O) groups is 1. The minimum Gasteiger partial charge on any atom is -0.497 e. The molecule has 1 aromatic heterocycles. The third-order valence-corrected chi connectivity index (χ3v) is 6.27. The Bertz CT molecular complexity index is 1170. The van der Waals surface area contributed by atoms with Crippen LogP contribution in [0.15, 0.2) is 60.7 Å². The molecule has 0 saturated carbocycles. The SMILES string of the molecule is COc1ccc2nc(NC(=O)c3ccc(-c4cc(C)ccc4I)cc3)sc2c1. The number of hydrogen-bond acceptors (Lipinski definition) is 4. The molecule has 4 rings (SSSR count). The fraction of sp³-hybridized carbons (Fsp3) is 0.0909. The lowest BCUT2D eigenvalue weighted by atomic mass is 10.0. The summed E-state index contributed by atoms with van der Waals surface area (Å²) in [5, 5.41) is 3.47. The van der Waals surface area contributed by atoms with Crippen molar-refractivity contribution >= 4 is 55.2 Å². The van der Waals surface area contributed by atoms with Gasteiger partial charge in [0.2, 0.25) is 0 Å². The minimum absolute atomic E-state index is 0.170. The maximum Gasteiger partial charge on any atom is 0.257 e. The van der Waals surface area contributed by atoms with Gasteiger partial charge in [0.05, 0.1) is 17.3 Å². The Morgan fingerprint density at radius 2 is 1.86 bits per heavy atom. The molecule has 0 bridgehead atoms. The summed E-state index contributed by atoms with van der Waals surface area (Å²) in [6, 6.07) is 19.7. The van der Waals surface area contributed by atoms with Crippen molar-refractivity contribution in [3.8, 4) is 16.9 Å². The molecule has 4 nitrogen and oxygen atoms in total. The van der Waals surface area contributed by atoms with Crippen molar-refractivity contribution in [3.63, 3.8) is 0 Å². The first-order valence-electron chi connectivity index (χ1n) is 8.66. The fourth-order valence-electron chi connectivity index (χ4n) is 2.92. The third kappa shape index (κ3) is 3.88. The number of ether oxygens (including phenoxy) is 1. The lowest BCUT2D eigenvalue weighted by Crippen LogP contribution is -2.11. The Hall–Kier alpha value is -2.45. The van der Waals surface area contributed by atoms with Crippen LogP contribution in [0.5, 0.6) is 5.75 Å². The Kier molecular flexibility index (Phi) is 5.32. The predicted molar refractivity (Wildman–Crippen MR) is 123 cm³/mol. The minimum atomic E-state index is -0.170. The van der Waals surface area contributed by atoms with Crippen LogP contribution in [0.4, 0.5) is 5.13 Å². The van der Waals surface area contributed by atoms with Gasteiger partial charge in [0.15, 0.2) is 5.13 Å². The third-order valence-electron chi connectivity index (χ3n) is 4.40. The van der Waals surface area contributed by atoms with Gasteiger partial charge in [0.25, 0.3) is 5.91 Å². The molecule has 140 valence electrons. The largest absolute Gasteiger partial charge is 0.497 e. The summed E-state index contributed by atoms with van der Waals surface area (Å²) in [7, 11) is 1.63. The number of thiazole rings is 1. The van der Waals surface area contributed by atoms with Crippen LogP contribution < -0.4 is 10.1 Å². The summed E-state index contributed by atoms with van der Waals surface area (Å²) in [4.78, 5) is 17.1. The number of rotatable bonds is 4. The fourth-order valence-corrected chi connectivity index (χ4v) is 4.45. The smallest absolute Gasteiger partial charge is 0.257 e. The number of fused-ring (bicyclic) bond motifs is 1. The first-order valence-corrected chi connectivity index (χ1v) is 10.6. The average Bonchev–Trinajstić information content (AvgIpc) is 3.11. The number of aromatic nitrogens is 1. The Balaban J connectivity index is 1.54. The molecular weight excluding hydrogens is 483 g/mol. The van der Waals surface area contributed by atoms with Gasteiger partial charge >= 0.3 is 0 Å². The quantitative estimate of drug-likeness (QED) is 0.343. The molecule has 28 heavy (non-hydrogen) atoms. The van der Waals surface area contributed by atoms with Crippen LogP contribution in [0.3, 0.4) is 0 Å². The molecule has 0 aliphatic heterocycles. The second-order valence-electron chi connectivity index (χ2n) is 6.37. The van der Waals surface area contributed by atoms with E-state index in [1.54, 1.807) is 7.11 Å². The van der Waals surface area contributed by atoms with Crippen LogP contribution in [-0.4, -0.2) is 18.0 Å². The molecule has 0 saturated heterocycles. The van der Waals surface area contributed by atoms with E-state index in [2.05, 4.69) is 58.0 Å². The highest BCUT2D eigenvalue weighted by atomic mass is 127. The zero-order valence-corrected chi connectivity index (χ0v) is 18.3. The van der Waals surface area contributed by atoms with E-state index < -0.39 is 0 Å². The number of aryl methyl sites for hydroxylation is 1. The molecule has 0 radical (unpaired) electrons. The molecule has 1 heterocycles. The van der Waals surface area contributed by atoms with Gasteiger partial charge in [-0.3, -0.25) is 10.1 Å². The highest BCUT2D eigenvalue weighted by molar-refractivity contribution is 14.1. The first kappa shape index (κ1) is 18.9. The molecule has 4 aromatic rings. The number of hydrogen-bond donors (Lipinski definition) is 1. The molecule has 0 fully saturated rings. The predicted octanol–water partition coefficient (Wildman–Crippen LogP) is 6.14. The Morgan fingerprint density at radius 3 is 2.61 bits per heavy atom. The summed E-state index contributed by atoms with van der Waals surface area (Å²) >= 11 is 3.76. The molecule has 1 amide bonds. The van der Waals surface area contributed by atoms with Gasteiger partial charge in [-0.25, -0.2) is 4.98 Å². The van der Waals surface area contributed by atoms with Gasteiger partial charge in [-0.2, -0.15) is 0 Å². The van der Waals surface area contributed by atoms with Gasteiger partial charge in [-0.1, -0.05) is 41.2 Å². The van der Waals surface area contributed by atoms with E-state index in [0.29, 0.717) is 10.7 Å². The van der Waals surface area contributed by atoms with Crippen molar-refractivity contribution < 1.29 is 9.53 Å². The maximum atomic E-state index is 12.6. The summed E-state index contributed by atoms with van der Waals surface area (Å²) in [6.07, 6.45) is 0. The van der Waals surface area contributed by atoms with Crippen molar-refractivity contribution in [2.24, 2.45) is 0 Å². The van der Waals surface area contributed by atoms with E-state index in [-0.39, 0.29) is 5.91 Å². The van der Waals surface area contributed by atoms with Crippen LogP contribution in [0.25, 0.3) is 21.3 Å². The van der Waals surface area contributed by atoms with Crippen LogP contribution in [0.1, 0.15) is 15.9 Å². The average molecular weight is 500 g/mol. The van der Waals surface area contributed by atoms with Gasteiger partial charge < -0.3 is 4.74 Å². The molecule has 0 atom stereocenters. The topological polar surface area (TPSA) is 51.2 Å². The monoisotopic (exact) mass is 500 g/mol. The number of nitrogens with zero attached hydrogens (tertiary/aromatic N) is 1. The second kappa shape index (κ2) is 7.89. The Labute approximate surface area is 180 Å². The number of halogens is 1. The summed E-state index contributed by atoms with van der Waals surface area (Å²) in [5.41, 5.74) is 4.92. The first-order chi connectivity index (χ1) is 13.5. The van der Waals surface area contributed by atoms with Gasteiger partial charge in [0.1, 0.15) is 5.75 Å². The number of benzene rings is 3. The maximum absolute atomic E-state index is 12.6. The summed E-state index contributed by atoms with van der Waals surface area (Å²) < 4.78 is 7.39. The van der Waals surface area contributed by atoms with Crippen molar-refractivity contribution in [1.82, 2.24) is 4.98 Å². The van der Waals surface area contributed by atoms with Crippen molar-refractivity contribution in [2.45, 2.75) is 6.92 Å². The van der Waals surface area contributed by atoms with Crippen molar-refractivity contribution in [2.75, 3.05) is 12.4 Å². The second-order valence-corrected chi connectivity index (χ2v) is 8.56. The summed E-state index contributed by atoms with van der Waals surface area (Å²) in [5.74, 6) is 0.604. The molecular formula is C22H17IN2O2S. The summed E-state index contributed by atoms with van der Waals surface area (Å²) in [6.45, 7) is 2.08. The standard InChI is InChI=1S/C22H17IN2O2S/c1-13-3-9-18(23)17(11-13)14-4-6-15(7-5-14)21(26)25-22-24-19-10-8-16(27-2)12-20(19)28-22/h3-12H,1-2H3,(H,24,25,26). The van der Waals surface area contributed by atoms with E-state index in [1.807, 2.05) is 42.5 Å². The van der Waals surface area contributed by atoms with E-state index >= 15 is 0 Å². The Morgan fingerprint density at radius 1 is 1.07 bits per heavy atom. The van der Waals surface area contributed by atoms with Crippen molar-refractivity contribution in [1.29, 1.82) is 0 Å². The number of anilines is 1. The number of carbonyl (C=O) groups excluding carboxylic acids is 1. The van der Waals surface area contributed by atoms with E-state index in [9.17, 15) is 4.79 Å². The van der Waals surface area contributed by atoms with Crippen molar-refractivity contribution in [3.05, 3.63) is 75.4 Å². The van der Waals surface area contributed by atoms with Crippen LogP contribution in [0, 0.1) is 10.5 Å². The van der Waals surface area contributed by atoms with E-state index in [4.69, 9.17) is 4.74 Å². The van der Waals surface area contributed by atoms with E-state index in [0.717, 1.165) is 21.5 Å². The van der Waals surface area contributed by atoms with Crippen LogP contribution in [0.2, 0.25) is 0 Å². The molecule has 0 aliphatic carbocycles.